The molecule has 0 unspecified atom stereocenters. The first-order valence-corrected chi connectivity index (χ1v) is 32.5. The van der Waals surface area contributed by atoms with Gasteiger partial charge in [-0.25, -0.2) is 0 Å². The second kappa shape index (κ2) is 38.7. The Morgan fingerprint density at radius 1 is 0.571 bits per heavy atom. The number of thiocarbonyl (C=S) groups is 2. The lowest BCUT2D eigenvalue weighted by Crippen LogP contribution is -2.71. The lowest BCUT2D eigenvalue weighted by atomic mass is 9.93. The largest absolute Gasteiger partial charge is 0.481 e. The van der Waals surface area contributed by atoms with E-state index >= 15 is 0 Å². The molecule has 9 amide bonds. The Hall–Kier alpha value is -8.33. The van der Waals surface area contributed by atoms with Crippen LogP contribution in [0.4, 0.5) is 0 Å². The van der Waals surface area contributed by atoms with Gasteiger partial charge in [-0.15, -0.1) is 0 Å². The normalized spacial score (nSPS) is 25.0. The smallest absolute Gasteiger partial charge is 0.303 e. The number of amides is 9. The van der Waals surface area contributed by atoms with Gasteiger partial charge in [-0.2, -0.15) is 0 Å². The van der Waals surface area contributed by atoms with Crippen LogP contribution in [-0.2, 0) is 115 Å². The minimum atomic E-state index is -1.89. The third kappa shape index (κ3) is 25.5. The standard InChI is InChI=1S/C60H91N11O25S2/c1-26(2)21-38(68-53(82)37(65-29(5)72)17-18-45(80)81)54(83)64-27(3)58(87)71-20-14-16-40(71)56(85)69-46(57(86)63-23-44(79)70-19-13-15-39(70)55(84)62-22-43(61)78)28(4)90-59-48(67-31(7)98)52(50(92-35(11)76)42(94-59)25-89-33(9)74)96-60-47(66-30(6)97)51(93-36(12)77)49(91-34(10)75)41(95-60)24-88-32(8)73/h26-28,37-42,46-52,59-60H,13-25H2,1-12H3,(H2,61,78)(H,62,84)(H,63,86)(H,64,83)(H,65,72)(H,66,97)(H,67,98)(H,68,82)(H,69,85)(H,80,81)/t27-,28+,37-,38-,39-,40-,41+,42+,46-,47+,48+,49-,50-,51+,52+,59-,60+/m0/s1. The van der Waals surface area contributed by atoms with E-state index in [9.17, 15) is 77.0 Å². The monoisotopic (exact) mass is 1430 g/mol. The number of nitrogens with zero attached hydrogens (tertiary/aromatic N) is 2. The molecule has 0 bridgehead atoms. The summed E-state index contributed by atoms with van der Waals surface area (Å²) < 4.78 is 54.3. The number of aliphatic carboxylic acids is 1. The molecule has 4 aliphatic heterocycles. The average Bonchev–Trinajstić information content (AvgIpc) is 0.936. The summed E-state index contributed by atoms with van der Waals surface area (Å²) in [6.07, 6.45) is -14.8. The van der Waals surface area contributed by atoms with Gasteiger partial charge in [-0.05, 0) is 72.1 Å². The molecule has 0 aliphatic carbocycles. The number of hydrogen-bond acceptors (Lipinski definition) is 26. The number of likely N-dealkylation sites (tertiary alicyclic amines) is 2. The van der Waals surface area contributed by atoms with E-state index in [1.807, 2.05) is 0 Å². The number of hydrogen-bond donors (Lipinski definition) is 10. The van der Waals surface area contributed by atoms with Crippen LogP contribution in [0.1, 0.15) is 128 Å². The van der Waals surface area contributed by atoms with Crippen molar-refractivity contribution in [1.29, 1.82) is 0 Å². The van der Waals surface area contributed by atoms with Gasteiger partial charge in [0.2, 0.25) is 53.2 Å². The van der Waals surface area contributed by atoms with Gasteiger partial charge in [0.25, 0.3) is 0 Å². The molecule has 4 fully saturated rings. The summed E-state index contributed by atoms with van der Waals surface area (Å²) in [5.41, 5.74) is 5.23. The van der Waals surface area contributed by atoms with Crippen molar-refractivity contribution in [3.8, 4) is 0 Å². The van der Waals surface area contributed by atoms with Gasteiger partial charge in [0.15, 0.2) is 30.9 Å². The minimum Gasteiger partial charge on any atom is -0.481 e. The van der Waals surface area contributed by atoms with Crippen LogP contribution >= 0.6 is 24.4 Å². The van der Waals surface area contributed by atoms with Crippen molar-refractivity contribution in [2.45, 2.75) is 232 Å². The second-order valence-corrected chi connectivity index (χ2v) is 25.5. The van der Waals surface area contributed by atoms with Crippen LogP contribution in [0.2, 0.25) is 0 Å². The summed E-state index contributed by atoms with van der Waals surface area (Å²) in [6, 6.07) is -11.3. The molecule has 38 heteroatoms. The first kappa shape index (κ1) is 82.1. The molecular weight excluding hydrogens is 1340 g/mol. The Kier molecular flexibility index (Phi) is 32.4. The summed E-state index contributed by atoms with van der Waals surface area (Å²) in [6.45, 7) is 12.8. The zero-order valence-corrected chi connectivity index (χ0v) is 58.3. The number of carboxylic acids is 1. The van der Waals surface area contributed by atoms with Gasteiger partial charge in [0.05, 0.1) is 29.2 Å². The van der Waals surface area contributed by atoms with Crippen LogP contribution < -0.4 is 48.3 Å². The number of ether oxygens (including phenoxy) is 9. The summed E-state index contributed by atoms with van der Waals surface area (Å²) in [4.78, 5) is 200. The predicted octanol–water partition coefficient (Wildman–Crippen LogP) is -3.65. The maximum Gasteiger partial charge on any atom is 0.303 e. The molecule has 548 valence electrons. The van der Waals surface area contributed by atoms with Gasteiger partial charge in [-0.1, -0.05) is 38.3 Å². The van der Waals surface area contributed by atoms with Crippen LogP contribution in [-0.4, -0.2) is 257 Å². The van der Waals surface area contributed by atoms with Gasteiger partial charge in [0.1, 0.15) is 79.9 Å². The van der Waals surface area contributed by atoms with Crippen LogP contribution in [0.25, 0.3) is 0 Å². The molecule has 0 saturated carbocycles. The molecule has 11 N–H and O–H groups in total. The molecule has 4 rings (SSSR count). The fraction of sp³-hybridized carbons (Fsp3) is 0.717. The van der Waals surface area contributed by atoms with E-state index in [2.05, 4.69) is 42.5 Å². The fourth-order valence-electron chi connectivity index (χ4n) is 11.4. The first-order chi connectivity index (χ1) is 45.9. The molecule has 4 aliphatic rings. The molecule has 4 saturated heterocycles. The Bertz CT molecular complexity index is 2980. The van der Waals surface area contributed by atoms with Crippen LogP contribution in [0.5, 0.6) is 0 Å². The molecule has 0 aromatic rings. The van der Waals surface area contributed by atoms with E-state index < -0.39 is 225 Å². The van der Waals surface area contributed by atoms with Crippen LogP contribution in [0, 0.1) is 5.92 Å². The highest BCUT2D eigenvalue weighted by molar-refractivity contribution is 7.80. The van der Waals surface area contributed by atoms with Crippen molar-refractivity contribution < 1.29 is 120 Å². The highest BCUT2D eigenvalue weighted by Crippen LogP contribution is 2.35. The number of carboxylic acid groups (broad SMARTS) is 1. The maximum absolute atomic E-state index is 14.9. The lowest BCUT2D eigenvalue weighted by molar-refractivity contribution is -0.333. The molecule has 0 spiro atoms. The average molecular weight is 1430 g/mol. The minimum absolute atomic E-state index is 0.00675. The van der Waals surface area contributed by atoms with Crippen molar-refractivity contribution in [3.63, 3.8) is 0 Å². The van der Waals surface area contributed by atoms with Gasteiger partial charge >= 0.3 is 35.8 Å². The van der Waals surface area contributed by atoms with Crippen LogP contribution in [0.15, 0.2) is 0 Å². The summed E-state index contributed by atoms with van der Waals surface area (Å²) in [7, 11) is 0. The van der Waals surface area contributed by atoms with Crippen molar-refractivity contribution >= 4 is 123 Å². The molecule has 98 heavy (non-hydrogen) atoms. The van der Waals surface area contributed by atoms with Crippen molar-refractivity contribution in [1.82, 2.24) is 52.3 Å². The van der Waals surface area contributed by atoms with E-state index in [-0.39, 0.29) is 61.1 Å². The molecule has 0 aromatic heterocycles. The number of nitrogens with two attached hydrogens (primary N) is 1. The zero-order valence-electron chi connectivity index (χ0n) is 56.6. The summed E-state index contributed by atoms with van der Waals surface area (Å²) in [5, 5.41) is 30.2. The number of carbonyl (C=O) groups is 15. The molecule has 17 atom stereocenters. The van der Waals surface area contributed by atoms with E-state index in [0.29, 0.717) is 6.42 Å². The summed E-state index contributed by atoms with van der Waals surface area (Å²) >= 11 is 11.0. The number of esters is 5. The van der Waals surface area contributed by atoms with E-state index in [4.69, 9.17) is 72.8 Å². The van der Waals surface area contributed by atoms with Gasteiger partial charge in [-0.3, -0.25) is 71.9 Å². The van der Waals surface area contributed by atoms with Crippen molar-refractivity contribution in [3.05, 3.63) is 0 Å². The first-order valence-electron chi connectivity index (χ1n) is 31.7. The lowest BCUT2D eigenvalue weighted by Gasteiger charge is -2.50. The third-order valence-corrected chi connectivity index (χ3v) is 15.7. The molecule has 36 nitrogen and oxygen atoms in total. The predicted molar refractivity (Wildman–Crippen MR) is 343 cm³/mol. The SMILES string of the molecule is CC(=O)N[C@@H](CCC(=O)O)C(=O)N[C@@H](CC(C)C)C(=O)N[C@@H](C)C(=O)N1CCC[C@H]1C(=O)N[C@H](C(=O)NCC(=O)N1CCC[C@H]1C(=O)NCC(N)=O)[C@@H](C)O[C@H]1O[C@H](COC(C)=O)[C@H](OC(C)=O)[C@H](O[C@H]2O[C@H](COC(C)=O)[C@H](OC(C)=O)[C@H](OC(C)=O)[C@H]2NC(C)=S)[C@H]1NC(C)=S. The Morgan fingerprint density at radius 2 is 1.07 bits per heavy atom. The Balaban J connectivity index is 1.82. The van der Waals surface area contributed by atoms with Crippen molar-refractivity contribution in [2.75, 3.05) is 39.4 Å². The van der Waals surface area contributed by atoms with E-state index in [1.165, 1.54) is 32.6 Å². The fourth-order valence-corrected chi connectivity index (χ4v) is 11.7. The van der Waals surface area contributed by atoms with E-state index in [1.54, 1.807) is 13.8 Å². The third-order valence-electron chi connectivity index (χ3n) is 15.5. The highest BCUT2D eigenvalue weighted by Gasteiger charge is 2.57. The topological polar surface area (TPSA) is 488 Å². The van der Waals surface area contributed by atoms with Gasteiger partial charge in [0, 0.05) is 61.1 Å². The summed E-state index contributed by atoms with van der Waals surface area (Å²) in [5.74, 6) is -13.3. The maximum atomic E-state index is 14.9. The quantitative estimate of drug-likeness (QED) is 0.0172. The Labute approximate surface area is 575 Å². The zero-order chi connectivity index (χ0) is 73.6. The number of primary amides is 1. The van der Waals surface area contributed by atoms with Gasteiger partial charge < -0.3 is 106 Å². The highest BCUT2D eigenvalue weighted by atomic mass is 32.1. The van der Waals surface area contributed by atoms with Crippen molar-refractivity contribution in [2.24, 2.45) is 11.7 Å². The Morgan fingerprint density at radius 3 is 1.57 bits per heavy atom. The molecule has 4 heterocycles. The molecular formula is C60H91N11O25S2. The van der Waals surface area contributed by atoms with E-state index in [0.717, 1.165) is 46.4 Å². The molecule has 0 radical (unpaired) electrons. The van der Waals surface area contributed by atoms with Crippen LogP contribution in [0.3, 0.4) is 0 Å². The number of rotatable bonds is 33. The number of nitrogens with one attached hydrogen (secondary N) is 8. The number of carbonyl (C=O) groups excluding carboxylic acids is 14. The molecule has 0 aromatic carbocycles. The second-order valence-electron chi connectivity index (χ2n) is 24.2.